The number of anilines is 1. The van der Waals surface area contributed by atoms with Crippen molar-refractivity contribution in [2.75, 3.05) is 5.32 Å². The zero-order valence-corrected chi connectivity index (χ0v) is 9.38. The van der Waals surface area contributed by atoms with Crippen LogP contribution < -0.4 is 5.32 Å². The highest BCUT2D eigenvalue weighted by atomic mass is 35.5. The molecule has 2 aromatic rings. The standard InChI is InChI=1S/C11H8ClF2N3/c12-10-4-11(17-6-16-10)15-5-7-1-2-8(13)3-9(7)14/h1-4,6H,5H2,(H,15,16,17). The van der Waals surface area contributed by atoms with E-state index in [0.717, 1.165) is 6.07 Å². The van der Waals surface area contributed by atoms with Crippen molar-refractivity contribution in [2.45, 2.75) is 6.54 Å². The number of nitrogens with zero attached hydrogens (tertiary/aromatic N) is 2. The second-order valence-corrected chi connectivity index (χ2v) is 3.70. The molecule has 0 radical (unpaired) electrons. The molecule has 1 N–H and O–H groups in total. The van der Waals surface area contributed by atoms with Crippen LogP contribution in [0, 0.1) is 11.6 Å². The molecule has 0 aliphatic carbocycles. The third kappa shape index (κ3) is 3.10. The topological polar surface area (TPSA) is 37.8 Å². The van der Waals surface area contributed by atoms with Crippen molar-refractivity contribution in [1.82, 2.24) is 9.97 Å². The maximum Gasteiger partial charge on any atom is 0.134 e. The van der Waals surface area contributed by atoms with E-state index in [2.05, 4.69) is 15.3 Å². The molecule has 0 unspecified atom stereocenters. The van der Waals surface area contributed by atoms with Gasteiger partial charge in [-0.1, -0.05) is 17.7 Å². The highest BCUT2D eigenvalue weighted by Crippen LogP contribution is 2.13. The Balaban J connectivity index is 2.07. The first-order chi connectivity index (χ1) is 8.15. The average molecular weight is 256 g/mol. The number of hydrogen-bond donors (Lipinski definition) is 1. The Hall–Kier alpha value is -1.75. The minimum absolute atomic E-state index is 0.194. The van der Waals surface area contributed by atoms with Gasteiger partial charge in [-0.3, -0.25) is 0 Å². The molecule has 0 spiro atoms. The first kappa shape index (κ1) is 11.7. The zero-order valence-electron chi connectivity index (χ0n) is 8.62. The van der Waals surface area contributed by atoms with Crippen LogP contribution in [0.3, 0.4) is 0 Å². The number of rotatable bonds is 3. The van der Waals surface area contributed by atoms with Crippen molar-refractivity contribution in [3.05, 3.63) is 52.9 Å². The first-order valence-corrected chi connectivity index (χ1v) is 5.18. The van der Waals surface area contributed by atoms with Crippen molar-refractivity contribution >= 4 is 17.4 Å². The minimum Gasteiger partial charge on any atom is -0.366 e. The van der Waals surface area contributed by atoms with Crippen LogP contribution in [0.2, 0.25) is 5.15 Å². The zero-order chi connectivity index (χ0) is 12.3. The van der Waals surface area contributed by atoms with Gasteiger partial charge in [0.1, 0.15) is 28.9 Å². The Morgan fingerprint density at radius 1 is 1.18 bits per heavy atom. The maximum absolute atomic E-state index is 13.3. The van der Waals surface area contributed by atoms with Crippen LogP contribution >= 0.6 is 11.6 Å². The minimum atomic E-state index is -0.601. The number of hydrogen-bond acceptors (Lipinski definition) is 3. The molecule has 1 aromatic heterocycles. The normalized spacial score (nSPS) is 10.3. The molecule has 0 atom stereocenters. The van der Waals surface area contributed by atoms with Crippen molar-refractivity contribution in [3.8, 4) is 0 Å². The fraction of sp³-hybridized carbons (Fsp3) is 0.0909. The number of nitrogens with one attached hydrogen (secondary N) is 1. The quantitative estimate of drug-likeness (QED) is 0.857. The van der Waals surface area contributed by atoms with Gasteiger partial charge in [0, 0.05) is 24.2 Å². The van der Waals surface area contributed by atoms with Crippen LogP contribution in [0.25, 0.3) is 0 Å². The van der Waals surface area contributed by atoms with Crippen molar-refractivity contribution in [1.29, 1.82) is 0 Å². The molecule has 0 aliphatic rings. The molecule has 0 bridgehead atoms. The Morgan fingerprint density at radius 3 is 2.71 bits per heavy atom. The summed E-state index contributed by atoms with van der Waals surface area (Å²) >= 11 is 5.66. The highest BCUT2D eigenvalue weighted by Gasteiger charge is 2.04. The molecule has 0 saturated heterocycles. The van der Waals surface area contributed by atoms with Crippen LogP contribution in [0.5, 0.6) is 0 Å². The third-order valence-electron chi connectivity index (χ3n) is 2.11. The summed E-state index contributed by atoms with van der Waals surface area (Å²) in [5.41, 5.74) is 0.348. The summed E-state index contributed by atoms with van der Waals surface area (Å²) in [6.45, 7) is 0.194. The molecule has 0 fully saturated rings. The fourth-order valence-electron chi connectivity index (χ4n) is 1.28. The Kier molecular flexibility index (Phi) is 3.49. The monoisotopic (exact) mass is 255 g/mol. The number of benzene rings is 1. The maximum atomic E-state index is 13.3. The SMILES string of the molecule is Fc1ccc(CNc2cc(Cl)ncn2)c(F)c1. The average Bonchev–Trinajstić information content (AvgIpc) is 2.28. The lowest BCUT2D eigenvalue weighted by Gasteiger charge is -2.06. The van der Waals surface area contributed by atoms with E-state index in [-0.39, 0.29) is 6.54 Å². The second-order valence-electron chi connectivity index (χ2n) is 3.32. The van der Waals surface area contributed by atoms with Gasteiger partial charge in [0.15, 0.2) is 0 Å². The largest absolute Gasteiger partial charge is 0.366 e. The molecule has 6 heteroatoms. The van der Waals surface area contributed by atoms with Crippen LogP contribution in [-0.2, 0) is 6.54 Å². The second kappa shape index (κ2) is 5.05. The van der Waals surface area contributed by atoms with Gasteiger partial charge < -0.3 is 5.32 Å². The molecule has 0 amide bonds. The highest BCUT2D eigenvalue weighted by molar-refractivity contribution is 6.29. The van der Waals surface area contributed by atoms with Gasteiger partial charge in [0.25, 0.3) is 0 Å². The first-order valence-electron chi connectivity index (χ1n) is 4.80. The smallest absolute Gasteiger partial charge is 0.134 e. The van der Waals surface area contributed by atoms with E-state index in [1.807, 2.05) is 0 Å². The van der Waals surface area contributed by atoms with E-state index >= 15 is 0 Å². The van der Waals surface area contributed by atoms with Crippen molar-refractivity contribution < 1.29 is 8.78 Å². The Bertz CT molecular complexity index is 534. The summed E-state index contributed by atoms with van der Waals surface area (Å²) in [5.74, 6) is -0.720. The van der Waals surface area contributed by atoms with Gasteiger partial charge in [-0.05, 0) is 6.07 Å². The summed E-state index contributed by atoms with van der Waals surface area (Å²) in [6.07, 6.45) is 1.30. The van der Waals surface area contributed by atoms with Gasteiger partial charge in [-0.15, -0.1) is 0 Å². The lowest BCUT2D eigenvalue weighted by Crippen LogP contribution is -2.03. The predicted molar refractivity (Wildman–Crippen MR) is 60.7 cm³/mol. The third-order valence-corrected chi connectivity index (χ3v) is 2.32. The van der Waals surface area contributed by atoms with E-state index in [9.17, 15) is 8.78 Å². The molecule has 88 valence electrons. The van der Waals surface area contributed by atoms with Crippen LogP contribution in [-0.4, -0.2) is 9.97 Å². The van der Waals surface area contributed by atoms with Crippen LogP contribution in [0.4, 0.5) is 14.6 Å². The van der Waals surface area contributed by atoms with Gasteiger partial charge >= 0.3 is 0 Å². The van der Waals surface area contributed by atoms with Gasteiger partial charge in [-0.2, -0.15) is 0 Å². The molecular weight excluding hydrogens is 248 g/mol. The van der Waals surface area contributed by atoms with E-state index in [4.69, 9.17) is 11.6 Å². The van der Waals surface area contributed by atoms with E-state index < -0.39 is 11.6 Å². The lowest BCUT2D eigenvalue weighted by molar-refractivity contribution is 0.574. The Labute approximate surface area is 101 Å². The molecule has 1 aromatic carbocycles. The van der Waals surface area contributed by atoms with Crippen molar-refractivity contribution in [3.63, 3.8) is 0 Å². The van der Waals surface area contributed by atoms with Gasteiger partial charge in [-0.25, -0.2) is 18.7 Å². The molecule has 0 saturated carbocycles. The van der Waals surface area contributed by atoms with E-state index in [0.29, 0.717) is 16.5 Å². The molecule has 17 heavy (non-hydrogen) atoms. The van der Waals surface area contributed by atoms with Gasteiger partial charge in [0.05, 0.1) is 0 Å². The summed E-state index contributed by atoms with van der Waals surface area (Å²) in [7, 11) is 0. The summed E-state index contributed by atoms with van der Waals surface area (Å²) in [5, 5.41) is 3.16. The number of aromatic nitrogens is 2. The number of halogens is 3. The molecule has 1 heterocycles. The van der Waals surface area contributed by atoms with E-state index in [1.54, 1.807) is 0 Å². The molecule has 3 nitrogen and oxygen atoms in total. The summed E-state index contributed by atoms with van der Waals surface area (Å²) < 4.78 is 26.0. The van der Waals surface area contributed by atoms with Crippen LogP contribution in [0.1, 0.15) is 5.56 Å². The lowest BCUT2D eigenvalue weighted by atomic mass is 10.2. The van der Waals surface area contributed by atoms with Crippen molar-refractivity contribution in [2.24, 2.45) is 0 Å². The predicted octanol–water partition coefficient (Wildman–Crippen LogP) is 3.02. The molecular formula is C11H8ClF2N3. The molecule has 0 aliphatic heterocycles. The van der Waals surface area contributed by atoms with Crippen LogP contribution in [0.15, 0.2) is 30.6 Å². The molecule has 2 rings (SSSR count). The Morgan fingerprint density at radius 2 is 2.00 bits per heavy atom. The van der Waals surface area contributed by atoms with E-state index in [1.165, 1.54) is 24.5 Å². The summed E-state index contributed by atoms with van der Waals surface area (Å²) in [6, 6.07) is 4.93. The van der Waals surface area contributed by atoms with Gasteiger partial charge in [0.2, 0.25) is 0 Å². The fourth-order valence-corrected chi connectivity index (χ4v) is 1.43. The summed E-state index contributed by atoms with van der Waals surface area (Å²) in [4.78, 5) is 7.61.